The van der Waals surface area contributed by atoms with Crippen LogP contribution in [-0.4, -0.2) is 48.8 Å². The Hall–Kier alpha value is -1.75. The number of carboxylic acid groups (broad SMARTS) is 1. The van der Waals surface area contributed by atoms with Gasteiger partial charge in [0.2, 0.25) is 0 Å². The number of carbonyl (C=O) groups is 1. The summed E-state index contributed by atoms with van der Waals surface area (Å²) in [5, 5.41) is 8.87. The van der Waals surface area contributed by atoms with Crippen LogP contribution in [0.5, 0.6) is 11.5 Å². The molecule has 21 heavy (non-hydrogen) atoms. The lowest BCUT2D eigenvalue weighted by atomic mass is 9.99. The average molecular weight is 293 g/mol. The molecule has 0 aromatic heterocycles. The van der Waals surface area contributed by atoms with Crippen LogP contribution in [0.15, 0.2) is 24.3 Å². The zero-order valence-electron chi connectivity index (χ0n) is 12.5. The van der Waals surface area contributed by atoms with E-state index >= 15 is 0 Å². The van der Waals surface area contributed by atoms with Gasteiger partial charge in [-0.25, -0.2) is 0 Å². The van der Waals surface area contributed by atoms with Gasteiger partial charge < -0.3 is 14.6 Å². The summed E-state index contributed by atoms with van der Waals surface area (Å²) in [5.74, 6) is 1.12. The fourth-order valence-corrected chi connectivity index (χ4v) is 2.67. The molecule has 1 unspecified atom stereocenters. The smallest absolute Gasteiger partial charge is 0.317 e. The molecule has 5 heteroatoms. The Morgan fingerprint density at radius 3 is 2.71 bits per heavy atom. The van der Waals surface area contributed by atoms with E-state index in [1.54, 1.807) is 0 Å². The highest BCUT2D eigenvalue weighted by molar-refractivity contribution is 5.69. The average Bonchev–Trinajstić information content (AvgIpc) is 2.46. The van der Waals surface area contributed by atoms with Gasteiger partial charge in [0.1, 0.15) is 0 Å². The summed E-state index contributed by atoms with van der Waals surface area (Å²) in [6.07, 6.45) is 2.10. The van der Waals surface area contributed by atoms with Gasteiger partial charge in [0, 0.05) is 12.5 Å². The summed E-state index contributed by atoms with van der Waals surface area (Å²) >= 11 is 0. The van der Waals surface area contributed by atoms with Crippen molar-refractivity contribution < 1.29 is 19.4 Å². The molecule has 2 rings (SSSR count). The number of likely N-dealkylation sites (tertiary alicyclic amines) is 1. The van der Waals surface area contributed by atoms with E-state index < -0.39 is 5.97 Å². The predicted octanol–water partition coefficient (Wildman–Crippen LogP) is 2.26. The van der Waals surface area contributed by atoms with Crippen molar-refractivity contribution in [3.8, 4) is 11.5 Å². The first-order chi connectivity index (χ1) is 10.2. The number of carboxylic acids is 1. The van der Waals surface area contributed by atoms with Gasteiger partial charge in [-0.1, -0.05) is 12.1 Å². The molecule has 1 atom stereocenters. The van der Waals surface area contributed by atoms with E-state index in [1.165, 1.54) is 0 Å². The largest absolute Gasteiger partial charge is 0.490 e. The molecule has 1 heterocycles. The first-order valence-corrected chi connectivity index (χ1v) is 7.47. The third-order valence-electron chi connectivity index (χ3n) is 3.59. The third-order valence-corrected chi connectivity index (χ3v) is 3.59. The Bertz CT molecular complexity index is 463. The van der Waals surface area contributed by atoms with Gasteiger partial charge in [-0.05, 0) is 38.4 Å². The van der Waals surface area contributed by atoms with Crippen molar-refractivity contribution in [2.75, 3.05) is 32.8 Å². The number of piperidine rings is 1. The molecule has 1 fully saturated rings. The van der Waals surface area contributed by atoms with Crippen molar-refractivity contribution in [3.63, 3.8) is 0 Å². The van der Waals surface area contributed by atoms with Gasteiger partial charge >= 0.3 is 5.97 Å². The van der Waals surface area contributed by atoms with Gasteiger partial charge in [-0.3, -0.25) is 9.69 Å². The summed E-state index contributed by atoms with van der Waals surface area (Å²) in [6, 6.07) is 7.65. The molecule has 0 radical (unpaired) electrons. The lowest BCUT2D eigenvalue weighted by Gasteiger charge is -2.31. The van der Waals surface area contributed by atoms with E-state index in [0.717, 1.165) is 37.4 Å². The standard InChI is InChI=1S/C16H23NO4/c1-2-20-14-7-3-4-8-15(14)21-12-13-6-5-9-17(10-13)11-16(18)19/h3-4,7-8,13H,2,5-6,9-12H2,1H3,(H,18,19). The number of ether oxygens (including phenoxy) is 2. The Labute approximate surface area is 125 Å². The number of hydrogen-bond donors (Lipinski definition) is 1. The van der Waals surface area contributed by atoms with Gasteiger partial charge in [-0.15, -0.1) is 0 Å². The first-order valence-electron chi connectivity index (χ1n) is 7.47. The summed E-state index contributed by atoms with van der Waals surface area (Å²) < 4.78 is 11.4. The molecule has 1 N–H and O–H groups in total. The van der Waals surface area contributed by atoms with Crippen LogP contribution in [0.4, 0.5) is 0 Å². The number of rotatable bonds is 7. The monoisotopic (exact) mass is 293 g/mol. The molecule has 1 aliphatic heterocycles. The van der Waals surface area contributed by atoms with Crippen molar-refractivity contribution in [2.24, 2.45) is 5.92 Å². The maximum atomic E-state index is 10.8. The van der Waals surface area contributed by atoms with Crippen LogP contribution in [0.3, 0.4) is 0 Å². The van der Waals surface area contributed by atoms with E-state index in [1.807, 2.05) is 36.1 Å². The maximum Gasteiger partial charge on any atom is 0.317 e. The second kappa shape index (κ2) is 7.88. The fourth-order valence-electron chi connectivity index (χ4n) is 2.67. The summed E-state index contributed by atoms with van der Waals surface area (Å²) in [4.78, 5) is 12.8. The number of hydrogen-bond acceptors (Lipinski definition) is 4. The number of nitrogens with zero attached hydrogens (tertiary/aromatic N) is 1. The predicted molar refractivity (Wildman–Crippen MR) is 79.9 cm³/mol. The number of aliphatic carboxylic acids is 1. The quantitative estimate of drug-likeness (QED) is 0.835. The molecule has 0 aliphatic carbocycles. The summed E-state index contributed by atoms with van der Waals surface area (Å²) in [5.41, 5.74) is 0. The van der Waals surface area contributed by atoms with E-state index in [0.29, 0.717) is 19.1 Å². The zero-order chi connectivity index (χ0) is 15.1. The molecule has 0 spiro atoms. The van der Waals surface area contributed by atoms with Gasteiger partial charge in [0.15, 0.2) is 11.5 Å². The van der Waals surface area contributed by atoms with Crippen LogP contribution in [0.1, 0.15) is 19.8 Å². The van der Waals surface area contributed by atoms with Gasteiger partial charge in [0.05, 0.1) is 19.8 Å². The minimum absolute atomic E-state index is 0.117. The maximum absolute atomic E-state index is 10.8. The first kappa shape index (κ1) is 15.6. The molecular weight excluding hydrogens is 270 g/mol. The zero-order valence-corrected chi connectivity index (χ0v) is 12.5. The Morgan fingerprint density at radius 2 is 2.05 bits per heavy atom. The van der Waals surface area contributed by atoms with Crippen LogP contribution in [0, 0.1) is 5.92 Å². The van der Waals surface area contributed by atoms with Crippen molar-refractivity contribution in [1.29, 1.82) is 0 Å². The third kappa shape index (κ3) is 4.93. The molecular formula is C16H23NO4. The van der Waals surface area contributed by atoms with Crippen molar-refractivity contribution in [3.05, 3.63) is 24.3 Å². The Morgan fingerprint density at radius 1 is 1.33 bits per heavy atom. The Kier molecular flexibility index (Phi) is 5.87. The van der Waals surface area contributed by atoms with Crippen molar-refractivity contribution in [2.45, 2.75) is 19.8 Å². The molecule has 116 valence electrons. The van der Waals surface area contributed by atoms with Crippen LogP contribution < -0.4 is 9.47 Å². The molecule has 5 nitrogen and oxygen atoms in total. The minimum atomic E-state index is -0.766. The molecule has 1 aromatic rings. The van der Waals surface area contributed by atoms with Crippen LogP contribution in [0.2, 0.25) is 0 Å². The molecule has 0 bridgehead atoms. The fraction of sp³-hybridized carbons (Fsp3) is 0.562. The molecule has 1 aliphatic rings. The van der Waals surface area contributed by atoms with Crippen LogP contribution >= 0.6 is 0 Å². The lowest BCUT2D eigenvalue weighted by Crippen LogP contribution is -2.40. The summed E-state index contributed by atoms with van der Waals surface area (Å²) in [6.45, 7) is 4.91. The second-order valence-corrected chi connectivity index (χ2v) is 5.33. The van der Waals surface area contributed by atoms with Crippen LogP contribution in [0.25, 0.3) is 0 Å². The van der Waals surface area contributed by atoms with E-state index in [4.69, 9.17) is 14.6 Å². The van der Waals surface area contributed by atoms with Gasteiger partial charge in [-0.2, -0.15) is 0 Å². The minimum Gasteiger partial charge on any atom is -0.490 e. The van der Waals surface area contributed by atoms with Crippen LogP contribution in [-0.2, 0) is 4.79 Å². The Balaban J connectivity index is 1.86. The number of para-hydroxylation sites is 2. The van der Waals surface area contributed by atoms with E-state index in [9.17, 15) is 4.79 Å². The SMILES string of the molecule is CCOc1ccccc1OCC1CCCN(CC(=O)O)C1. The normalized spacial score (nSPS) is 19.2. The van der Waals surface area contributed by atoms with Gasteiger partial charge in [0.25, 0.3) is 0 Å². The highest BCUT2D eigenvalue weighted by Gasteiger charge is 2.22. The van der Waals surface area contributed by atoms with E-state index in [-0.39, 0.29) is 6.54 Å². The van der Waals surface area contributed by atoms with E-state index in [2.05, 4.69) is 0 Å². The summed E-state index contributed by atoms with van der Waals surface area (Å²) in [7, 11) is 0. The number of benzene rings is 1. The highest BCUT2D eigenvalue weighted by Crippen LogP contribution is 2.27. The van der Waals surface area contributed by atoms with Crippen molar-refractivity contribution in [1.82, 2.24) is 4.90 Å². The second-order valence-electron chi connectivity index (χ2n) is 5.33. The lowest BCUT2D eigenvalue weighted by molar-refractivity contribution is -0.138. The van der Waals surface area contributed by atoms with Crippen molar-refractivity contribution >= 4 is 5.97 Å². The molecule has 1 aromatic carbocycles. The molecule has 0 amide bonds. The highest BCUT2D eigenvalue weighted by atomic mass is 16.5. The molecule has 1 saturated heterocycles. The topological polar surface area (TPSA) is 59.0 Å². The molecule has 0 saturated carbocycles.